The molecule has 5 nitrogen and oxygen atoms in total. The Kier molecular flexibility index (Phi) is 4.43. The third-order valence-corrected chi connectivity index (χ3v) is 4.93. The number of aromatic nitrogens is 2. The van der Waals surface area contributed by atoms with Crippen LogP contribution in [-0.4, -0.2) is 26.8 Å². The van der Waals surface area contributed by atoms with E-state index in [-0.39, 0.29) is 22.8 Å². The molecule has 1 aliphatic rings. The van der Waals surface area contributed by atoms with E-state index in [2.05, 4.69) is 10.3 Å². The molecule has 3 rings (SSSR count). The van der Waals surface area contributed by atoms with Gasteiger partial charge < -0.3 is 5.32 Å². The van der Waals surface area contributed by atoms with Crippen molar-refractivity contribution in [1.82, 2.24) is 14.9 Å². The molecule has 1 aromatic carbocycles. The van der Waals surface area contributed by atoms with Gasteiger partial charge in [0.15, 0.2) is 5.16 Å². The molecule has 0 saturated heterocycles. The second kappa shape index (κ2) is 6.35. The molecule has 1 N–H and O–H groups in total. The number of benzene rings is 1. The molecule has 6 heteroatoms. The van der Waals surface area contributed by atoms with Crippen LogP contribution in [0.4, 0.5) is 0 Å². The lowest BCUT2D eigenvalue weighted by Gasteiger charge is -2.18. The van der Waals surface area contributed by atoms with Crippen LogP contribution in [0, 0.1) is 0 Å². The summed E-state index contributed by atoms with van der Waals surface area (Å²) in [6.07, 6.45) is 2.13. The minimum atomic E-state index is -0.284. The third-order valence-electron chi connectivity index (χ3n) is 3.87. The quantitative estimate of drug-likeness (QED) is 0.676. The molecule has 1 aromatic heterocycles. The molecule has 1 heterocycles. The van der Waals surface area contributed by atoms with Crippen LogP contribution in [0.5, 0.6) is 0 Å². The lowest BCUT2D eigenvalue weighted by Crippen LogP contribution is -2.33. The van der Waals surface area contributed by atoms with Gasteiger partial charge in [-0.2, -0.15) is 0 Å². The van der Waals surface area contributed by atoms with Crippen molar-refractivity contribution in [3.63, 3.8) is 0 Å². The number of hydrogen-bond donors (Lipinski definition) is 1. The van der Waals surface area contributed by atoms with Crippen molar-refractivity contribution in [2.24, 2.45) is 0 Å². The number of rotatable bonds is 5. The summed E-state index contributed by atoms with van der Waals surface area (Å²) >= 11 is 1.35. The third kappa shape index (κ3) is 3.42. The first-order valence-electron chi connectivity index (χ1n) is 7.95. The van der Waals surface area contributed by atoms with Gasteiger partial charge in [-0.25, -0.2) is 4.98 Å². The van der Waals surface area contributed by atoms with Gasteiger partial charge in [-0.1, -0.05) is 23.9 Å². The van der Waals surface area contributed by atoms with E-state index in [0.717, 1.165) is 12.8 Å². The number of thioether (sulfide) groups is 1. The Morgan fingerprint density at radius 3 is 2.65 bits per heavy atom. The van der Waals surface area contributed by atoms with E-state index < -0.39 is 0 Å². The zero-order chi connectivity index (χ0) is 16.6. The molecule has 1 fully saturated rings. The molecule has 0 aliphatic heterocycles. The van der Waals surface area contributed by atoms with Crippen LogP contribution in [0.2, 0.25) is 0 Å². The monoisotopic (exact) mass is 331 g/mol. The predicted octanol–water partition coefficient (Wildman–Crippen LogP) is 2.74. The molecule has 1 saturated carbocycles. The highest BCUT2D eigenvalue weighted by Gasteiger charge is 2.27. The lowest BCUT2D eigenvalue weighted by molar-refractivity contribution is -0.120. The Balaban J connectivity index is 1.96. The van der Waals surface area contributed by atoms with Crippen LogP contribution < -0.4 is 10.9 Å². The Morgan fingerprint density at radius 1 is 1.30 bits per heavy atom. The highest BCUT2D eigenvalue weighted by Crippen LogP contribution is 2.26. The molecule has 0 spiro atoms. The Bertz CT molecular complexity index is 796. The number of nitrogens with zero attached hydrogens (tertiary/aromatic N) is 2. The van der Waals surface area contributed by atoms with Gasteiger partial charge in [0, 0.05) is 12.1 Å². The minimum Gasteiger partial charge on any atom is -0.352 e. The van der Waals surface area contributed by atoms with Crippen molar-refractivity contribution < 1.29 is 4.79 Å². The fourth-order valence-electron chi connectivity index (χ4n) is 2.42. The standard InChI is InChI=1S/C17H21N3O2S/c1-10(2)20-16(22)13-6-4-5-7-14(13)19-17(20)23-11(3)15(21)18-12-8-9-12/h4-7,10-12H,8-9H2,1-3H3,(H,18,21)/t11-/m1/s1. The lowest BCUT2D eigenvalue weighted by atomic mass is 10.2. The average Bonchev–Trinajstić information content (AvgIpc) is 3.31. The van der Waals surface area contributed by atoms with Crippen LogP contribution in [-0.2, 0) is 4.79 Å². The number of hydrogen-bond acceptors (Lipinski definition) is 4. The van der Waals surface area contributed by atoms with Crippen LogP contribution in [0.3, 0.4) is 0 Å². The number of para-hydroxylation sites is 1. The summed E-state index contributed by atoms with van der Waals surface area (Å²) < 4.78 is 1.67. The van der Waals surface area contributed by atoms with Crippen molar-refractivity contribution in [2.45, 2.75) is 56.1 Å². The van der Waals surface area contributed by atoms with Crippen LogP contribution in [0.25, 0.3) is 10.9 Å². The number of carbonyl (C=O) groups is 1. The fourth-order valence-corrected chi connectivity index (χ4v) is 3.47. The van der Waals surface area contributed by atoms with Gasteiger partial charge in [0.25, 0.3) is 5.56 Å². The van der Waals surface area contributed by atoms with Crippen molar-refractivity contribution in [3.8, 4) is 0 Å². The Labute approximate surface area is 139 Å². The fraction of sp³-hybridized carbons (Fsp3) is 0.471. The second-order valence-corrected chi connectivity index (χ2v) is 7.53. The number of carbonyl (C=O) groups excluding carboxylic acids is 1. The molecule has 122 valence electrons. The van der Waals surface area contributed by atoms with E-state index in [0.29, 0.717) is 22.1 Å². The van der Waals surface area contributed by atoms with E-state index in [9.17, 15) is 9.59 Å². The van der Waals surface area contributed by atoms with Gasteiger partial charge >= 0.3 is 0 Å². The van der Waals surface area contributed by atoms with Gasteiger partial charge in [0.2, 0.25) is 5.91 Å². The van der Waals surface area contributed by atoms with Gasteiger partial charge in [0.1, 0.15) is 0 Å². The second-order valence-electron chi connectivity index (χ2n) is 6.22. The maximum atomic E-state index is 12.7. The van der Waals surface area contributed by atoms with Crippen molar-refractivity contribution in [1.29, 1.82) is 0 Å². The number of amides is 1. The van der Waals surface area contributed by atoms with E-state index >= 15 is 0 Å². The van der Waals surface area contributed by atoms with E-state index in [4.69, 9.17) is 0 Å². The molecule has 1 atom stereocenters. The smallest absolute Gasteiger partial charge is 0.262 e. The first-order chi connectivity index (χ1) is 11.0. The van der Waals surface area contributed by atoms with Gasteiger partial charge in [-0.15, -0.1) is 0 Å². The summed E-state index contributed by atoms with van der Waals surface area (Å²) in [5, 5.41) is 3.93. The molecule has 0 unspecified atom stereocenters. The SMILES string of the molecule is CC(C)n1c(S[C@H](C)C(=O)NC2CC2)nc2ccccc2c1=O. The minimum absolute atomic E-state index is 0.00946. The highest BCUT2D eigenvalue weighted by molar-refractivity contribution is 8.00. The van der Waals surface area contributed by atoms with Crippen molar-refractivity contribution >= 4 is 28.6 Å². The predicted molar refractivity (Wildman–Crippen MR) is 92.9 cm³/mol. The molecule has 23 heavy (non-hydrogen) atoms. The first kappa shape index (κ1) is 16.1. The molecular formula is C17H21N3O2S. The summed E-state index contributed by atoms with van der Waals surface area (Å²) in [4.78, 5) is 29.5. The van der Waals surface area contributed by atoms with Crippen LogP contribution in [0.1, 0.15) is 39.7 Å². The van der Waals surface area contributed by atoms with Gasteiger partial charge in [-0.3, -0.25) is 14.2 Å². The summed E-state index contributed by atoms with van der Waals surface area (Å²) in [7, 11) is 0. The largest absolute Gasteiger partial charge is 0.352 e. The normalized spacial score (nSPS) is 15.8. The molecule has 1 amide bonds. The van der Waals surface area contributed by atoms with Crippen LogP contribution in [0.15, 0.2) is 34.2 Å². The molecule has 2 aromatic rings. The maximum absolute atomic E-state index is 12.7. The number of nitrogens with one attached hydrogen (secondary N) is 1. The topological polar surface area (TPSA) is 64.0 Å². The maximum Gasteiger partial charge on any atom is 0.262 e. The molecule has 0 radical (unpaired) electrons. The molecule has 1 aliphatic carbocycles. The number of fused-ring (bicyclic) bond motifs is 1. The van der Waals surface area contributed by atoms with Crippen molar-refractivity contribution in [3.05, 3.63) is 34.6 Å². The Morgan fingerprint density at radius 2 is 2.00 bits per heavy atom. The first-order valence-corrected chi connectivity index (χ1v) is 8.83. The van der Waals surface area contributed by atoms with E-state index in [1.54, 1.807) is 10.6 Å². The summed E-state index contributed by atoms with van der Waals surface area (Å²) in [6, 6.07) is 7.66. The van der Waals surface area contributed by atoms with Gasteiger partial charge in [-0.05, 0) is 45.7 Å². The van der Waals surface area contributed by atoms with E-state index in [1.165, 1.54) is 11.8 Å². The summed E-state index contributed by atoms with van der Waals surface area (Å²) in [5.41, 5.74) is 0.620. The Hall–Kier alpha value is -1.82. The highest BCUT2D eigenvalue weighted by atomic mass is 32.2. The van der Waals surface area contributed by atoms with E-state index in [1.807, 2.05) is 39.0 Å². The zero-order valence-electron chi connectivity index (χ0n) is 13.6. The summed E-state index contributed by atoms with van der Waals surface area (Å²) in [5.74, 6) is 0.00946. The van der Waals surface area contributed by atoms with Gasteiger partial charge in [0.05, 0.1) is 16.2 Å². The summed E-state index contributed by atoms with van der Waals surface area (Å²) in [6.45, 7) is 5.77. The molecule has 0 bridgehead atoms. The van der Waals surface area contributed by atoms with Crippen LogP contribution >= 0.6 is 11.8 Å². The average molecular weight is 331 g/mol. The zero-order valence-corrected chi connectivity index (χ0v) is 14.4. The van der Waals surface area contributed by atoms with Crippen molar-refractivity contribution in [2.75, 3.05) is 0 Å². The molecular weight excluding hydrogens is 310 g/mol.